The van der Waals surface area contributed by atoms with Crippen molar-refractivity contribution < 1.29 is 14.6 Å². The summed E-state index contributed by atoms with van der Waals surface area (Å²) in [4.78, 5) is 11.1. The van der Waals surface area contributed by atoms with Gasteiger partial charge in [-0.2, -0.15) is 0 Å². The summed E-state index contributed by atoms with van der Waals surface area (Å²) >= 11 is 11.5. The molecule has 0 bridgehead atoms. The molecule has 5 heteroatoms. The van der Waals surface area contributed by atoms with Crippen LogP contribution in [0.2, 0.25) is 10.0 Å². The lowest BCUT2D eigenvalue weighted by Crippen LogP contribution is -1.96. The molecule has 1 heterocycles. The van der Waals surface area contributed by atoms with E-state index in [4.69, 9.17) is 23.2 Å². The van der Waals surface area contributed by atoms with E-state index in [2.05, 4.69) is 4.74 Å². The molecule has 2 rings (SSSR count). The lowest BCUT2D eigenvalue weighted by molar-refractivity contribution is -0.0547. The monoisotopic (exact) mass is 218 g/mol. The first-order valence-electron chi connectivity index (χ1n) is 3.48. The van der Waals surface area contributed by atoms with Crippen molar-refractivity contribution in [3.8, 4) is 0 Å². The van der Waals surface area contributed by atoms with E-state index < -0.39 is 12.3 Å². The number of carbonyl (C=O) groups excluding carboxylic acids is 1. The molecule has 0 saturated carbocycles. The second-order valence-corrected chi connectivity index (χ2v) is 3.39. The molecule has 1 atom stereocenters. The Morgan fingerprint density at radius 2 is 1.92 bits per heavy atom. The van der Waals surface area contributed by atoms with Gasteiger partial charge in [0.1, 0.15) is 0 Å². The molecule has 68 valence electrons. The van der Waals surface area contributed by atoms with E-state index in [0.29, 0.717) is 0 Å². The molecule has 1 aliphatic heterocycles. The predicted octanol–water partition coefficient (Wildman–Crippen LogP) is 2.15. The number of rotatable bonds is 0. The third-order valence-electron chi connectivity index (χ3n) is 1.81. The molecule has 0 aromatic heterocycles. The van der Waals surface area contributed by atoms with E-state index in [1.165, 1.54) is 12.1 Å². The Morgan fingerprint density at radius 1 is 1.31 bits per heavy atom. The highest BCUT2D eigenvalue weighted by molar-refractivity contribution is 6.36. The summed E-state index contributed by atoms with van der Waals surface area (Å²) in [5, 5.41) is 9.78. The van der Waals surface area contributed by atoms with Gasteiger partial charge in [-0.3, -0.25) is 0 Å². The first kappa shape index (κ1) is 8.81. The molecule has 1 aromatic rings. The Morgan fingerprint density at radius 3 is 2.54 bits per heavy atom. The van der Waals surface area contributed by atoms with Crippen molar-refractivity contribution in [2.45, 2.75) is 6.29 Å². The summed E-state index contributed by atoms with van der Waals surface area (Å²) in [7, 11) is 0. The zero-order chi connectivity index (χ0) is 9.59. The van der Waals surface area contributed by atoms with Crippen molar-refractivity contribution in [2.24, 2.45) is 0 Å². The van der Waals surface area contributed by atoms with Gasteiger partial charge < -0.3 is 9.84 Å². The van der Waals surface area contributed by atoms with Gasteiger partial charge >= 0.3 is 5.97 Å². The number of benzene rings is 1. The topological polar surface area (TPSA) is 46.5 Å². The van der Waals surface area contributed by atoms with Gasteiger partial charge in [0.15, 0.2) is 0 Å². The Hall–Kier alpha value is -0.770. The fraction of sp³-hybridized carbons (Fsp3) is 0.125. The molecule has 1 unspecified atom stereocenters. The number of aliphatic hydroxyl groups excluding tert-OH is 1. The molecule has 1 aliphatic rings. The van der Waals surface area contributed by atoms with Crippen molar-refractivity contribution >= 4 is 29.2 Å². The summed E-state index contributed by atoms with van der Waals surface area (Å²) in [5.74, 6) is -0.644. The molecular formula is C8H4Cl2O3. The Balaban J connectivity index is 2.74. The van der Waals surface area contributed by atoms with E-state index in [9.17, 15) is 9.90 Å². The molecule has 0 radical (unpaired) electrons. The van der Waals surface area contributed by atoms with Crippen LogP contribution in [0.5, 0.6) is 0 Å². The van der Waals surface area contributed by atoms with E-state index in [0.717, 1.165) is 0 Å². The average Bonchev–Trinajstić information content (AvgIpc) is 2.36. The van der Waals surface area contributed by atoms with Crippen molar-refractivity contribution in [3.05, 3.63) is 33.3 Å². The second kappa shape index (κ2) is 2.87. The Labute approximate surface area is 83.8 Å². The number of esters is 1. The molecule has 0 spiro atoms. The minimum atomic E-state index is -1.30. The van der Waals surface area contributed by atoms with E-state index in [-0.39, 0.29) is 21.2 Å². The van der Waals surface area contributed by atoms with Crippen LogP contribution in [0, 0.1) is 0 Å². The quantitative estimate of drug-likeness (QED) is 0.680. The number of hydrogen-bond donors (Lipinski definition) is 1. The van der Waals surface area contributed by atoms with Gasteiger partial charge in [0, 0.05) is 0 Å². The van der Waals surface area contributed by atoms with Crippen molar-refractivity contribution in [1.82, 2.24) is 0 Å². The van der Waals surface area contributed by atoms with Crippen LogP contribution in [0.25, 0.3) is 0 Å². The molecule has 0 fully saturated rings. The minimum Gasteiger partial charge on any atom is -0.428 e. The summed E-state index contributed by atoms with van der Waals surface area (Å²) in [6.07, 6.45) is -1.30. The van der Waals surface area contributed by atoms with Gasteiger partial charge in [0.25, 0.3) is 0 Å². The van der Waals surface area contributed by atoms with Gasteiger partial charge in [0.05, 0.1) is 21.2 Å². The summed E-state index contributed by atoms with van der Waals surface area (Å²) < 4.78 is 4.54. The Kier molecular flexibility index (Phi) is 1.95. The van der Waals surface area contributed by atoms with Crippen molar-refractivity contribution in [1.29, 1.82) is 0 Å². The third kappa shape index (κ3) is 1.20. The van der Waals surface area contributed by atoms with Crippen LogP contribution in [0.3, 0.4) is 0 Å². The molecule has 0 aliphatic carbocycles. The van der Waals surface area contributed by atoms with Crippen LogP contribution in [-0.2, 0) is 4.74 Å². The van der Waals surface area contributed by atoms with Crippen molar-refractivity contribution in [3.63, 3.8) is 0 Å². The number of halogens is 2. The number of fused-ring (bicyclic) bond motifs is 1. The van der Waals surface area contributed by atoms with E-state index in [1.54, 1.807) is 0 Å². The van der Waals surface area contributed by atoms with E-state index >= 15 is 0 Å². The van der Waals surface area contributed by atoms with Crippen LogP contribution in [0.15, 0.2) is 12.1 Å². The smallest absolute Gasteiger partial charge is 0.342 e. The lowest BCUT2D eigenvalue weighted by atomic mass is 10.1. The molecule has 13 heavy (non-hydrogen) atoms. The fourth-order valence-corrected chi connectivity index (χ4v) is 1.73. The highest BCUT2D eigenvalue weighted by Gasteiger charge is 2.33. The SMILES string of the molecule is O=C1OC(O)c2c(Cl)ccc(Cl)c21. The van der Waals surface area contributed by atoms with Gasteiger partial charge in [-0.25, -0.2) is 4.79 Å². The lowest BCUT2D eigenvalue weighted by Gasteiger charge is -2.03. The number of carbonyl (C=O) groups is 1. The number of ether oxygens (including phenoxy) is 1. The van der Waals surface area contributed by atoms with Crippen LogP contribution in [0.4, 0.5) is 0 Å². The molecule has 0 saturated heterocycles. The normalized spacial score (nSPS) is 19.9. The highest BCUT2D eigenvalue weighted by atomic mass is 35.5. The first-order chi connectivity index (χ1) is 6.11. The molecule has 3 nitrogen and oxygen atoms in total. The van der Waals surface area contributed by atoms with Crippen molar-refractivity contribution in [2.75, 3.05) is 0 Å². The highest BCUT2D eigenvalue weighted by Crippen LogP contribution is 2.38. The Bertz CT molecular complexity index is 389. The summed E-state index contributed by atoms with van der Waals surface area (Å²) in [6.45, 7) is 0. The molecule has 0 amide bonds. The summed E-state index contributed by atoms with van der Waals surface area (Å²) in [6, 6.07) is 3.00. The fourth-order valence-electron chi connectivity index (χ4n) is 1.24. The predicted molar refractivity (Wildman–Crippen MR) is 46.8 cm³/mol. The second-order valence-electron chi connectivity index (χ2n) is 2.58. The maximum absolute atomic E-state index is 11.1. The maximum atomic E-state index is 11.1. The zero-order valence-electron chi connectivity index (χ0n) is 6.25. The van der Waals surface area contributed by atoms with Crippen LogP contribution in [-0.4, -0.2) is 11.1 Å². The van der Waals surface area contributed by atoms with Gasteiger partial charge in [0.2, 0.25) is 6.29 Å². The van der Waals surface area contributed by atoms with E-state index in [1.807, 2.05) is 0 Å². The van der Waals surface area contributed by atoms with Crippen LogP contribution >= 0.6 is 23.2 Å². The maximum Gasteiger partial charge on any atom is 0.342 e. The average molecular weight is 219 g/mol. The van der Waals surface area contributed by atoms with Crippen LogP contribution in [0.1, 0.15) is 22.2 Å². The van der Waals surface area contributed by atoms with Gasteiger partial charge in [-0.15, -0.1) is 0 Å². The molecule has 1 N–H and O–H groups in total. The molecular weight excluding hydrogens is 215 g/mol. The van der Waals surface area contributed by atoms with Gasteiger partial charge in [-0.1, -0.05) is 23.2 Å². The molecule has 1 aromatic carbocycles. The largest absolute Gasteiger partial charge is 0.428 e. The number of cyclic esters (lactones) is 1. The minimum absolute atomic E-state index is 0.154. The van der Waals surface area contributed by atoms with Crippen LogP contribution < -0.4 is 0 Å². The summed E-state index contributed by atoms with van der Waals surface area (Å²) in [5.41, 5.74) is 0.404. The first-order valence-corrected chi connectivity index (χ1v) is 4.24. The van der Waals surface area contributed by atoms with Gasteiger partial charge in [-0.05, 0) is 12.1 Å². The number of hydrogen-bond acceptors (Lipinski definition) is 3. The third-order valence-corrected chi connectivity index (χ3v) is 2.46. The standard InChI is InChI=1S/C8H4Cl2O3/c9-3-1-2-4(10)6-5(3)7(11)13-8(6)12/h1-2,7,11H. The number of aliphatic hydroxyl groups is 1. The zero-order valence-corrected chi connectivity index (χ0v) is 7.76.